The highest BCUT2D eigenvalue weighted by Crippen LogP contribution is 2.36. The maximum absolute atomic E-state index is 11.9. The van der Waals surface area contributed by atoms with Crippen molar-refractivity contribution in [3.8, 4) is 45.2 Å². The van der Waals surface area contributed by atoms with E-state index in [1.807, 2.05) is 48.5 Å². The molecule has 1 aromatic heterocycles. The van der Waals surface area contributed by atoms with Crippen LogP contribution in [0.3, 0.4) is 0 Å². The second kappa shape index (κ2) is 15.2. The van der Waals surface area contributed by atoms with Gasteiger partial charge in [-0.05, 0) is 79.3 Å². The van der Waals surface area contributed by atoms with Crippen molar-refractivity contribution in [2.45, 2.75) is 0 Å². The first kappa shape index (κ1) is 36.0. The van der Waals surface area contributed by atoms with E-state index in [4.69, 9.17) is 12.6 Å². The molecule has 10 rings (SSSR count). The first-order chi connectivity index (χ1) is 29.1. The molecule has 0 fully saturated rings. The number of phenols is 1. The Hall–Kier alpha value is -7.34. The Bertz CT molecular complexity index is 2960. The number of fused-ring (bicyclic) bond motifs is 3. The van der Waals surface area contributed by atoms with Gasteiger partial charge in [-0.1, -0.05) is 182 Å². The molecule has 0 saturated heterocycles. The van der Waals surface area contributed by atoms with Crippen LogP contribution in [-0.4, -0.2) is 25.6 Å². The Morgan fingerprint density at radius 1 is 0.441 bits per heavy atom. The van der Waals surface area contributed by atoms with Crippen LogP contribution in [0.2, 0.25) is 0 Å². The first-order valence-corrected chi connectivity index (χ1v) is 21.9. The molecule has 0 bridgehead atoms. The number of para-hydroxylation sites is 2. The highest BCUT2D eigenvalue weighted by Gasteiger charge is 2.42. The molecule has 1 heterocycles. The SMILES string of the molecule is [B]c1c(Oc2cccc(-n3c4ccccc4c4ccccc43)c2)cccc1-c1ccc(-c2ccccc2[Si](c2ccccc2)(c2ccccc2)c2ccccc2)cc1O. The second-order valence-corrected chi connectivity index (χ2v) is 18.6. The van der Waals surface area contributed by atoms with Crippen molar-refractivity contribution >= 4 is 63.9 Å². The van der Waals surface area contributed by atoms with Crippen LogP contribution in [-0.2, 0) is 0 Å². The molecule has 0 aliphatic heterocycles. The molecule has 0 saturated carbocycles. The van der Waals surface area contributed by atoms with Crippen LogP contribution in [0.15, 0.2) is 224 Å². The molecule has 9 aromatic carbocycles. The fourth-order valence-corrected chi connectivity index (χ4v) is 13.9. The van der Waals surface area contributed by atoms with E-state index in [0.717, 1.165) is 27.8 Å². The summed E-state index contributed by atoms with van der Waals surface area (Å²) in [7, 11) is 4.06. The van der Waals surface area contributed by atoms with Crippen molar-refractivity contribution in [2.75, 3.05) is 0 Å². The maximum atomic E-state index is 11.9. The van der Waals surface area contributed by atoms with Gasteiger partial charge in [0.15, 0.2) is 8.07 Å². The monoisotopic (exact) mass is 771 g/mol. The van der Waals surface area contributed by atoms with Gasteiger partial charge in [-0.3, -0.25) is 0 Å². The summed E-state index contributed by atoms with van der Waals surface area (Å²) in [5.41, 5.74) is 7.01. The zero-order chi connectivity index (χ0) is 39.8. The average Bonchev–Trinajstić information content (AvgIpc) is 3.63. The van der Waals surface area contributed by atoms with Gasteiger partial charge in [-0.2, -0.15) is 0 Å². The Balaban J connectivity index is 1.03. The Morgan fingerprint density at radius 3 is 1.58 bits per heavy atom. The van der Waals surface area contributed by atoms with Crippen LogP contribution >= 0.6 is 0 Å². The van der Waals surface area contributed by atoms with Gasteiger partial charge in [-0.15, -0.1) is 0 Å². The number of hydrogen-bond donors (Lipinski definition) is 1. The smallest absolute Gasteiger partial charge is 0.180 e. The summed E-state index contributed by atoms with van der Waals surface area (Å²) >= 11 is 0. The van der Waals surface area contributed by atoms with Crippen molar-refractivity contribution in [2.24, 2.45) is 0 Å². The molecule has 0 atom stereocenters. The summed E-state index contributed by atoms with van der Waals surface area (Å²) in [6, 6.07) is 78.0. The van der Waals surface area contributed by atoms with Gasteiger partial charge < -0.3 is 14.4 Å². The summed E-state index contributed by atoms with van der Waals surface area (Å²) < 4.78 is 8.80. The van der Waals surface area contributed by atoms with Crippen LogP contribution in [0.1, 0.15) is 0 Å². The van der Waals surface area contributed by atoms with E-state index in [0.29, 0.717) is 28.1 Å². The van der Waals surface area contributed by atoms with Gasteiger partial charge in [0.1, 0.15) is 25.1 Å². The summed E-state index contributed by atoms with van der Waals surface area (Å²) in [6.07, 6.45) is 0. The minimum absolute atomic E-state index is 0.140. The molecule has 0 amide bonds. The van der Waals surface area contributed by atoms with E-state index >= 15 is 0 Å². The van der Waals surface area contributed by atoms with Crippen molar-refractivity contribution in [3.05, 3.63) is 224 Å². The molecule has 0 unspecified atom stereocenters. The van der Waals surface area contributed by atoms with Crippen LogP contribution in [0, 0.1) is 0 Å². The number of phenolic OH excluding ortho intramolecular Hbond substituents is 1. The molecule has 10 aromatic rings. The van der Waals surface area contributed by atoms with E-state index in [-0.39, 0.29) is 5.75 Å². The van der Waals surface area contributed by atoms with E-state index in [1.54, 1.807) is 0 Å². The first-order valence-electron chi connectivity index (χ1n) is 19.9. The van der Waals surface area contributed by atoms with Crippen molar-refractivity contribution in [1.29, 1.82) is 0 Å². The zero-order valence-corrected chi connectivity index (χ0v) is 33.2. The van der Waals surface area contributed by atoms with Crippen molar-refractivity contribution in [1.82, 2.24) is 4.57 Å². The van der Waals surface area contributed by atoms with E-state index < -0.39 is 8.07 Å². The Morgan fingerprint density at radius 2 is 0.966 bits per heavy atom. The van der Waals surface area contributed by atoms with Gasteiger partial charge in [0, 0.05) is 28.1 Å². The minimum atomic E-state index is -2.84. The predicted molar refractivity (Wildman–Crippen MR) is 249 cm³/mol. The third kappa shape index (κ3) is 6.24. The largest absolute Gasteiger partial charge is 0.507 e. The molecule has 0 spiro atoms. The highest BCUT2D eigenvalue weighted by molar-refractivity contribution is 7.20. The van der Waals surface area contributed by atoms with Crippen LogP contribution < -0.4 is 30.9 Å². The lowest BCUT2D eigenvalue weighted by Crippen LogP contribution is -2.75. The lowest BCUT2D eigenvalue weighted by Gasteiger charge is -2.36. The third-order valence-electron chi connectivity index (χ3n) is 11.5. The van der Waals surface area contributed by atoms with Gasteiger partial charge in [0.05, 0.1) is 11.0 Å². The maximum Gasteiger partial charge on any atom is 0.180 e. The standard InChI is InChI=1S/C54H38BNO2Si/c55-54-48(29-17-32-52(54)58-40-19-16-18-39(37-40)56-49-30-13-10-27-45(49)46-28-11-14-31-50(46)56)47-35-34-38(36-51(47)57)44-26-12-15-33-53(44)59(41-20-4-1-5-21-41,42-22-6-2-7-23-42)43-24-8-3-9-25-43/h1-37,57H. The topological polar surface area (TPSA) is 34.4 Å². The number of rotatable bonds is 9. The van der Waals surface area contributed by atoms with Crippen LogP contribution in [0.4, 0.5) is 0 Å². The molecular weight excluding hydrogens is 733 g/mol. The molecule has 2 radical (unpaired) electrons. The lowest BCUT2D eigenvalue weighted by molar-refractivity contribution is 0.477. The van der Waals surface area contributed by atoms with Gasteiger partial charge in [-0.25, -0.2) is 0 Å². The van der Waals surface area contributed by atoms with Crippen molar-refractivity contribution in [3.63, 3.8) is 0 Å². The Kier molecular flexibility index (Phi) is 9.28. The van der Waals surface area contributed by atoms with Gasteiger partial charge in [0.2, 0.25) is 0 Å². The molecule has 278 valence electrons. The van der Waals surface area contributed by atoms with E-state index in [9.17, 15) is 5.11 Å². The van der Waals surface area contributed by atoms with Gasteiger partial charge >= 0.3 is 0 Å². The second-order valence-electron chi connectivity index (χ2n) is 14.8. The number of aromatic hydroxyl groups is 1. The van der Waals surface area contributed by atoms with Crippen LogP contribution in [0.25, 0.3) is 49.7 Å². The Labute approximate surface area is 346 Å². The molecule has 1 N–H and O–H groups in total. The van der Waals surface area contributed by atoms with E-state index in [1.165, 1.54) is 31.5 Å². The van der Waals surface area contributed by atoms with E-state index in [2.05, 4.69) is 180 Å². The molecule has 59 heavy (non-hydrogen) atoms. The quantitative estimate of drug-likeness (QED) is 0.117. The number of ether oxygens (including phenoxy) is 1. The molecule has 5 heteroatoms. The minimum Gasteiger partial charge on any atom is -0.507 e. The summed E-state index contributed by atoms with van der Waals surface area (Å²) in [5, 5.41) is 19.4. The zero-order valence-electron chi connectivity index (χ0n) is 32.2. The number of nitrogens with zero attached hydrogens (tertiary/aromatic N) is 1. The number of benzene rings is 9. The number of aromatic nitrogens is 1. The summed E-state index contributed by atoms with van der Waals surface area (Å²) in [5.74, 6) is 1.31. The van der Waals surface area contributed by atoms with Gasteiger partial charge in [0.25, 0.3) is 0 Å². The van der Waals surface area contributed by atoms with Crippen LogP contribution in [0.5, 0.6) is 17.2 Å². The molecule has 0 aliphatic carbocycles. The fraction of sp³-hybridized carbons (Fsp3) is 0. The fourth-order valence-electron chi connectivity index (χ4n) is 8.90. The third-order valence-corrected chi connectivity index (χ3v) is 16.3. The lowest BCUT2D eigenvalue weighted by atomic mass is 9.85. The highest BCUT2D eigenvalue weighted by atomic mass is 28.3. The molecule has 3 nitrogen and oxygen atoms in total. The predicted octanol–water partition coefficient (Wildman–Crippen LogP) is 9.79. The molecule has 0 aliphatic rings. The summed E-state index contributed by atoms with van der Waals surface area (Å²) in [6.45, 7) is 0. The molecular formula is C54H38BNO2Si. The normalized spacial score (nSPS) is 11.5. The van der Waals surface area contributed by atoms with Crippen molar-refractivity contribution < 1.29 is 9.84 Å². The summed E-state index contributed by atoms with van der Waals surface area (Å²) in [4.78, 5) is 0. The average molecular weight is 772 g/mol. The number of hydrogen-bond acceptors (Lipinski definition) is 2.